The number of H-pyrrole nitrogens is 1. The minimum atomic E-state index is -0.261. The highest BCUT2D eigenvalue weighted by Gasteiger charge is 2.04. The predicted octanol–water partition coefficient (Wildman–Crippen LogP) is 2.19. The van der Waals surface area contributed by atoms with E-state index in [0.717, 1.165) is 4.47 Å². The van der Waals surface area contributed by atoms with Gasteiger partial charge < -0.3 is 9.72 Å². The van der Waals surface area contributed by atoms with E-state index in [-0.39, 0.29) is 12.5 Å². The van der Waals surface area contributed by atoms with Gasteiger partial charge in [0.1, 0.15) is 5.75 Å². The maximum absolute atomic E-state index is 11.4. The van der Waals surface area contributed by atoms with Gasteiger partial charge in [0, 0.05) is 16.9 Å². The van der Waals surface area contributed by atoms with Crippen LogP contribution in [0.3, 0.4) is 0 Å². The van der Waals surface area contributed by atoms with Crippen molar-refractivity contribution in [1.82, 2.24) is 9.97 Å². The number of amides is 1. The number of aromatic nitrogens is 2. The van der Waals surface area contributed by atoms with Crippen molar-refractivity contribution in [1.29, 1.82) is 0 Å². The second-order valence-corrected chi connectivity index (χ2v) is 4.14. The van der Waals surface area contributed by atoms with Crippen LogP contribution in [0.2, 0.25) is 0 Å². The molecule has 0 spiro atoms. The Morgan fingerprint density at radius 3 is 2.82 bits per heavy atom. The van der Waals surface area contributed by atoms with E-state index in [9.17, 15) is 4.79 Å². The third kappa shape index (κ3) is 3.60. The number of halogens is 1. The molecule has 2 rings (SSSR count). The topological polar surface area (TPSA) is 67.0 Å². The highest BCUT2D eigenvalue weighted by molar-refractivity contribution is 9.10. The summed E-state index contributed by atoms with van der Waals surface area (Å²) in [4.78, 5) is 18.1. The van der Waals surface area contributed by atoms with Crippen LogP contribution < -0.4 is 10.1 Å². The van der Waals surface area contributed by atoms with Gasteiger partial charge in [-0.3, -0.25) is 10.1 Å². The van der Waals surface area contributed by atoms with Crippen molar-refractivity contribution >= 4 is 27.8 Å². The molecule has 0 aliphatic heterocycles. The molecule has 2 N–H and O–H groups in total. The van der Waals surface area contributed by atoms with Crippen LogP contribution in [-0.2, 0) is 4.79 Å². The van der Waals surface area contributed by atoms with Crippen molar-refractivity contribution in [3.8, 4) is 5.75 Å². The third-order valence-corrected chi connectivity index (χ3v) is 2.47. The van der Waals surface area contributed by atoms with Crippen molar-refractivity contribution in [3.05, 3.63) is 41.1 Å². The summed E-state index contributed by atoms with van der Waals surface area (Å²) in [7, 11) is 0. The molecule has 0 radical (unpaired) electrons. The maximum Gasteiger partial charge on any atom is 0.264 e. The Morgan fingerprint density at radius 1 is 1.41 bits per heavy atom. The monoisotopic (exact) mass is 295 g/mol. The molecular weight excluding hydrogens is 286 g/mol. The smallest absolute Gasteiger partial charge is 0.264 e. The highest BCUT2D eigenvalue weighted by atomic mass is 79.9. The normalized spacial score (nSPS) is 9.94. The van der Waals surface area contributed by atoms with Crippen molar-refractivity contribution in [2.45, 2.75) is 0 Å². The minimum absolute atomic E-state index is 0.0532. The second-order valence-electron chi connectivity index (χ2n) is 3.23. The van der Waals surface area contributed by atoms with Crippen LogP contribution in [0.25, 0.3) is 0 Å². The van der Waals surface area contributed by atoms with Crippen LogP contribution in [-0.4, -0.2) is 22.5 Å². The molecule has 0 fully saturated rings. The lowest BCUT2D eigenvalue weighted by Crippen LogP contribution is -2.20. The Balaban J connectivity index is 1.82. The van der Waals surface area contributed by atoms with Crippen LogP contribution in [0, 0.1) is 0 Å². The largest absolute Gasteiger partial charge is 0.484 e. The first-order valence-corrected chi connectivity index (χ1v) is 5.71. The van der Waals surface area contributed by atoms with E-state index in [4.69, 9.17) is 4.74 Å². The van der Waals surface area contributed by atoms with Crippen molar-refractivity contribution in [3.63, 3.8) is 0 Å². The Labute approximate surface area is 106 Å². The van der Waals surface area contributed by atoms with Crippen molar-refractivity contribution in [2.75, 3.05) is 11.9 Å². The summed E-state index contributed by atoms with van der Waals surface area (Å²) in [6.07, 6.45) is 3.19. The summed E-state index contributed by atoms with van der Waals surface area (Å²) in [5.74, 6) is 0.792. The molecule has 1 aromatic heterocycles. The molecule has 0 atom stereocenters. The van der Waals surface area contributed by atoms with E-state index in [0.29, 0.717) is 11.7 Å². The molecule has 0 aliphatic carbocycles. The van der Waals surface area contributed by atoms with Gasteiger partial charge in [-0.05, 0) is 24.3 Å². The molecule has 0 saturated carbocycles. The van der Waals surface area contributed by atoms with Gasteiger partial charge in [-0.25, -0.2) is 4.98 Å². The van der Waals surface area contributed by atoms with Gasteiger partial charge in [0.25, 0.3) is 5.91 Å². The lowest BCUT2D eigenvalue weighted by atomic mass is 10.3. The number of benzene rings is 1. The van der Waals surface area contributed by atoms with Gasteiger partial charge in [-0.1, -0.05) is 15.9 Å². The van der Waals surface area contributed by atoms with Gasteiger partial charge in [-0.2, -0.15) is 0 Å². The summed E-state index contributed by atoms with van der Waals surface area (Å²) < 4.78 is 6.26. The molecule has 0 bridgehead atoms. The molecule has 88 valence electrons. The maximum atomic E-state index is 11.4. The number of nitrogens with one attached hydrogen (secondary N) is 2. The van der Waals surface area contributed by atoms with E-state index in [1.807, 2.05) is 12.1 Å². The standard InChI is InChI=1S/C11H10BrN3O2/c12-8-1-3-9(4-2-8)17-7-10(16)15-11-13-5-6-14-11/h1-6H,7H2,(H2,13,14,15,16). The van der Waals surface area contributed by atoms with Crippen LogP contribution in [0.15, 0.2) is 41.1 Å². The van der Waals surface area contributed by atoms with Gasteiger partial charge >= 0.3 is 0 Å². The molecule has 17 heavy (non-hydrogen) atoms. The molecule has 0 saturated heterocycles. The van der Waals surface area contributed by atoms with Crippen molar-refractivity contribution in [2.24, 2.45) is 0 Å². The SMILES string of the molecule is O=C(COc1ccc(Br)cc1)Nc1ncc[nH]1. The number of ether oxygens (including phenoxy) is 1. The zero-order valence-corrected chi connectivity index (χ0v) is 10.4. The van der Waals surface area contributed by atoms with Gasteiger partial charge in [0.2, 0.25) is 5.95 Å². The molecule has 0 aliphatic rings. The number of anilines is 1. The van der Waals surface area contributed by atoms with Crippen LogP contribution in [0.4, 0.5) is 5.95 Å². The number of hydrogen-bond donors (Lipinski definition) is 2. The summed E-state index contributed by atoms with van der Waals surface area (Å²) in [6, 6.07) is 7.26. The van der Waals surface area contributed by atoms with E-state index in [1.54, 1.807) is 24.5 Å². The Bertz CT molecular complexity index is 482. The van der Waals surface area contributed by atoms with Crippen LogP contribution in [0.1, 0.15) is 0 Å². The second kappa shape index (κ2) is 5.49. The molecule has 0 unspecified atom stereocenters. The number of carbonyl (C=O) groups excluding carboxylic acids is 1. The lowest BCUT2D eigenvalue weighted by molar-refractivity contribution is -0.118. The fourth-order valence-electron chi connectivity index (χ4n) is 1.18. The highest BCUT2D eigenvalue weighted by Crippen LogP contribution is 2.15. The quantitative estimate of drug-likeness (QED) is 0.909. The van der Waals surface area contributed by atoms with Crippen LogP contribution in [0.5, 0.6) is 5.75 Å². The first-order valence-electron chi connectivity index (χ1n) is 4.91. The van der Waals surface area contributed by atoms with Gasteiger partial charge in [-0.15, -0.1) is 0 Å². The molecule has 2 aromatic rings. The molecule has 1 heterocycles. The number of nitrogens with zero attached hydrogens (tertiary/aromatic N) is 1. The van der Waals surface area contributed by atoms with Crippen LogP contribution >= 0.6 is 15.9 Å². The van der Waals surface area contributed by atoms with Gasteiger partial charge in [0.15, 0.2) is 6.61 Å². The Kier molecular flexibility index (Phi) is 3.77. The Hall–Kier alpha value is -1.82. The van der Waals surface area contributed by atoms with Gasteiger partial charge in [0.05, 0.1) is 0 Å². The fourth-order valence-corrected chi connectivity index (χ4v) is 1.45. The Morgan fingerprint density at radius 2 is 2.18 bits per heavy atom. The fraction of sp³-hybridized carbons (Fsp3) is 0.0909. The predicted molar refractivity (Wildman–Crippen MR) is 66.9 cm³/mol. The third-order valence-electron chi connectivity index (χ3n) is 1.94. The first kappa shape index (κ1) is 11.7. The average Bonchev–Trinajstić information content (AvgIpc) is 2.81. The zero-order valence-electron chi connectivity index (χ0n) is 8.81. The van der Waals surface area contributed by atoms with E-state index in [2.05, 4.69) is 31.2 Å². The molecule has 5 nitrogen and oxygen atoms in total. The number of imidazole rings is 1. The van der Waals surface area contributed by atoms with E-state index >= 15 is 0 Å². The molecule has 1 amide bonds. The average molecular weight is 296 g/mol. The number of carbonyl (C=O) groups is 1. The zero-order chi connectivity index (χ0) is 12.1. The summed E-state index contributed by atoms with van der Waals surface area (Å²) in [6.45, 7) is -0.0532. The molecular formula is C11H10BrN3O2. The lowest BCUT2D eigenvalue weighted by Gasteiger charge is -2.05. The summed E-state index contributed by atoms with van der Waals surface area (Å²) >= 11 is 3.32. The van der Waals surface area contributed by atoms with Crippen molar-refractivity contribution < 1.29 is 9.53 Å². The number of aromatic amines is 1. The molecule has 6 heteroatoms. The molecule has 1 aromatic carbocycles. The van der Waals surface area contributed by atoms with E-state index in [1.165, 1.54) is 0 Å². The number of rotatable bonds is 4. The van der Waals surface area contributed by atoms with E-state index < -0.39 is 0 Å². The summed E-state index contributed by atoms with van der Waals surface area (Å²) in [5.41, 5.74) is 0. The number of hydrogen-bond acceptors (Lipinski definition) is 3. The first-order chi connectivity index (χ1) is 8.24. The summed E-state index contributed by atoms with van der Waals surface area (Å²) in [5, 5.41) is 2.56. The minimum Gasteiger partial charge on any atom is -0.484 e.